The van der Waals surface area contributed by atoms with Crippen LogP contribution >= 0.6 is 0 Å². The lowest BCUT2D eigenvalue weighted by atomic mass is 10.1. The van der Waals surface area contributed by atoms with Gasteiger partial charge in [0.1, 0.15) is 0 Å². The smallest absolute Gasteiger partial charge is 0.253 e. The number of rotatable bonds is 17. The number of para-hydroxylation sites is 2. The van der Waals surface area contributed by atoms with Crippen LogP contribution < -0.4 is 21.3 Å². The van der Waals surface area contributed by atoms with E-state index >= 15 is 0 Å². The third kappa shape index (κ3) is 10.8. The summed E-state index contributed by atoms with van der Waals surface area (Å²) in [4.78, 5) is 49.2. The van der Waals surface area contributed by atoms with Gasteiger partial charge in [-0.3, -0.25) is 19.2 Å². The van der Waals surface area contributed by atoms with Crippen molar-refractivity contribution >= 4 is 35.0 Å². The van der Waals surface area contributed by atoms with E-state index < -0.39 is 0 Å². The Bertz CT molecular complexity index is 1030. The van der Waals surface area contributed by atoms with Crippen LogP contribution in [-0.4, -0.2) is 36.7 Å². The Kier molecular flexibility index (Phi) is 13.7. The van der Waals surface area contributed by atoms with Crippen molar-refractivity contribution in [2.24, 2.45) is 0 Å². The number of anilines is 2. The van der Waals surface area contributed by atoms with Crippen LogP contribution in [0.3, 0.4) is 0 Å². The van der Waals surface area contributed by atoms with Crippen molar-refractivity contribution in [1.82, 2.24) is 10.6 Å². The molecular weight excluding hydrogens is 480 g/mol. The fourth-order valence-corrected chi connectivity index (χ4v) is 3.80. The average Bonchev–Trinajstić information content (AvgIpc) is 2.92. The van der Waals surface area contributed by atoms with E-state index in [1.165, 1.54) is 0 Å². The zero-order valence-electron chi connectivity index (χ0n) is 21.9. The fraction of sp³-hybridized carbons (Fsp3) is 0.333. The van der Waals surface area contributed by atoms with Crippen LogP contribution in [-0.2, 0) is 9.59 Å². The molecule has 38 heavy (non-hydrogen) atoms. The number of nitrogens with one attached hydrogen (secondary N) is 4. The van der Waals surface area contributed by atoms with E-state index in [0.29, 0.717) is 48.4 Å². The summed E-state index contributed by atoms with van der Waals surface area (Å²) in [6.07, 6.45) is 9.23. The first-order valence-corrected chi connectivity index (χ1v) is 13.0. The lowest BCUT2D eigenvalue weighted by Crippen LogP contribution is -2.25. The molecule has 0 saturated heterocycles. The van der Waals surface area contributed by atoms with Crippen molar-refractivity contribution in [2.45, 2.75) is 51.4 Å². The number of carbonyl (C=O) groups is 4. The Labute approximate surface area is 225 Å². The van der Waals surface area contributed by atoms with Crippen molar-refractivity contribution in [3.05, 3.63) is 85.0 Å². The molecule has 0 aliphatic carbocycles. The highest BCUT2D eigenvalue weighted by atomic mass is 16.2. The molecule has 202 valence electrons. The van der Waals surface area contributed by atoms with Crippen LogP contribution in [0.5, 0.6) is 0 Å². The number of amides is 4. The summed E-state index contributed by atoms with van der Waals surface area (Å²) in [7, 11) is 0. The van der Waals surface area contributed by atoms with Gasteiger partial charge in [-0.2, -0.15) is 0 Å². The first-order valence-electron chi connectivity index (χ1n) is 13.0. The molecule has 0 heterocycles. The zero-order chi connectivity index (χ0) is 27.6. The van der Waals surface area contributed by atoms with Gasteiger partial charge in [-0.05, 0) is 37.1 Å². The SMILES string of the molecule is C=CCNC(=O)c1ccccc1NC(=O)CCCCCCCCC(=O)Nc1ccccc1C(=O)NCC=C. The van der Waals surface area contributed by atoms with Gasteiger partial charge in [-0.1, -0.05) is 62.1 Å². The largest absolute Gasteiger partial charge is 0.349 e. The molecule has 0 atom stereocenters. The van der Waals surface area contributed by atoms with Gasteiger partial charge in [-0.15, -0.1) is 13.2 Å². The Morgan fingerprint density at radius 3 is 1.34 bits per heavy atom. The normalized spacial score (nSPS) is 10.2. The van der Waals surface area contributed by atoms with Gasteiger partial charge in [0.2, 0.25) is 11.8 Å². The molecule has 8 nitrogen and oxygen atoms in total. The lowest BCUT2D eigenvalue weighted by Gasteiger charge is -2.11. The predicted octanol–water partition coefficient (Wildman–Crippen LogP) is 5.22. The second-order valence-electron chi connectivity index (χ2n) is 8.81. The van der Waals surface area contributed by atoms with Crippen LogP contribution in [0.1, 0.15) is 72.1 Å². The van der Waals surface area contributed by atoms with Crippen LogP contribution in [0, 0.1) is 0 Å². The maximum Gasteiger partial charge on any atom is 0.253 e. The molecule has 0 unspecified atom stereocenters. The molecule has 4 N–H and O–H groups in total. The van der Waals surface area contributed by atoms with E-state index in [-0.39, 0.29) is 23.6 Å². The molecule has 8 heteroatoms. The fourth-order valence-electron chi connectivity index (χ4n) is 3.80. The monoisotopic (exact) mass is 518 g/mol. The molecule has 4 amide bonds. The van der Waals surface area contributed by atoms with E-state index in [9.17, 15) is 19.2 Å². The Balaban J connectivity index is 1.62. The maximum atomic E-state index is 12.3. The molecule has 0 aliphatic heterocycles. The molecule has 0 aliphatic rings. The molecule has 0 radical (unpaired) electrons. The lowest BCUT2D eigenvalue weighted by molar-refractivity contribution is -0.117. The molecule has 0 bridgehead atoms. The molecular formula is C30H38N4O4. The van der Waals surface area contributed by atoms with Gasteiger partial charge in [-0.25, -0.2) is 0 Å². The molecule has 0 fully saturated rings. The summed E-state index contributed by atoms with van der Waals surface area (Å²) < 4.78 is 0. The second-order valence-corrected chi connectivity index (χ2v) is 8.81. The van der Waals surface area contributed by atoms with Crippen molar-refractivity contribution in [3.63, 3.8) is 0 Å². The average molecular weight is 519 g/mol. The maximum absolute atomic E-state index is 12.3. The summed E-state index contributed by atoms with van der Waals surface area (Å²) in [6, 6.07) is 13.8. The van der Waals surface area contributed by atoms with Crippen molar-refractivity contribution < 1.29 is 19.2 Å². The van der Waals surface area contributed by atoms with Gasteiger partial charge in [0.05, 0.1) is 22.5 Å². The van der Waals surface area contributed by atoms with E-state index in [1.807, 2.05) is 0 Å². The van der Waals surface area contributed by atoms with Crippen LogP contribution in [0.4, 0.5) is 11.4 Å². The Hall–Kier alpha value is -4.20. The highest BCUT2D eigenvalue weighted by Gasteiger charge is 2.13. The number of unbranched alkanes of at least 4 members (excludes halogenated alkanes) is 5. The molecule has 2 aromatic carbocycles. The van der Waals surface area contributed by atoms with Crippen LogP contribution in [0.15, 0.2) is 73.8 Å². The van der Waals surface area contributed by atoms with Crippen LogP contribution in [0.2, 0.25) is 0 Å². The molecule has 0 spiro atoms. The van der Waals surface area contributed by atoms with Gasteiger partial charge < -0.3 is 21.3 Å². The number of hydrogen-bond donors (Lipinski definition) is 4. The van der Waals surface area contributed by atoms with Gasteiger partial charge in [0.15, 0.2) is 0 Å². The number of carbonyl (C=O) groups excluding carboxylic acids is 4. The summed E-state index contributed by atoms with van der Waals surface area (Å²) in [5.74, 6) is -0.756. The minimum atomic E-state index is -0.257. The van der Waals surface area contributed by atoms with Crippen molar-refractivity contribution in [2.75, 3.05) is 23.7 Å². The first-order chi connectivity index (χ1) is 18.5. The Morgan fingerprint density at radius 2 is 0.947 bits per heavy atom. The standard InChI is InChI=1S/C30H38N4O4/c1-3-21-31-29(37)23-15-11-13-17-25(23)33-27(35)19-9-7-5-6-8-10-20-28(36)34-26-18-14-12-16-24(26)30(38)32-22-4-2/h3-4,11-18H,1-2,5-10,19-22H2,(H,31,37)(H,32,38)(H,33,35)(H,34,36). The summed E-state index contributed by atoms with van der Waals surface area (Å²) in [5.41, 5.74) is 1.84. The van der Waals surface area contributed by atoms with Gasteiger partial charge in [0.25, 0.3) is 11.8 Å². The minimum Gasteiger partial charge on any atom is -0.349 e. The summed E-state index contributed by atoms with van der Waals surface area (Å²) >= 11 is 0. The molecule has 0 saturated carbocycles. The molecule has 2 rings (SSSR count). The minimum absolute atomic E-state index is 0.121. The summed E-state index contributed by atoms with van der Waals surface area (Å²) in [6.45, 7) is 7.88. The number of benzene rings is 2. The highest BCUT2D eigenvalue weighted by Crippen LogP contribution is 2.18. The molecule has 2 aromatic rings. The van der Waals surface area contributed by atoms with Crippen molar-refractivity contribution in [3.8, 4) is 0 Å². The van der Waals surface area contributed by atoms with E-state index in [2.05, 4.69) is 34.4 Å². The van der Waals surface area contributed by atoms with E-state index in [0.717, 1.165) is 38.5 Å². The second kappa shape index (κ2) is 17.3. The molecule has 0 aromatic heterocycles. The van der Waals surface area contributed by atoms with Gasteiger partial charge >= 0.3 is 0 Å². The van der Waals surface area contributed by atoms with E-state index in [1.54, 1.807) is 60.7 Å². The zero-order valence-corrected chi connectivity index (χ0v) is 21.9. The third-order valence-electron chi connectivity index (χ3n) is 5.76. The first kappa shape index (κ1) is 30.0. The van der Waals surface area contributed by atoms with Crippen molar-refractivity contribution in [1.29, 1.82) is 0 Å². The van der Waals surface area contributed by atoms with E-state index in [4.69, 9.17) is 0 Å². The third-order valence-corrected chi connectivity index (χ3v) is 5.76. The van der Waals surface area contributed by atoms with Gasteiger partial charge in [0, 0.05) is 25.9 Å². The quantitative estimate of drug-likeness (QED) is 0.170. The topological polar surface area (TPSA) is 116 Å². The Morgan fingerprint density at radius 1 is 0.579 bits per heavy atom. The number of hydrogen-bond acceptors (Lipinski definition) is 4. The van der Waals surface area contributed by atoms with Crippen LogP contribution in [0.25, 0.3) is 0 Å². The highest BCUT2D eigenvalue weighted by molar-refractivity contribution is 6.04. The predicted molar refractivity (Wildman–Crippen MR) is 152 cm³/mol. The summed E-state index contributed by atoms with van der Waals surface area (Å²) in [5, 5.41) is 11.1.